The molecule has 0 fully saturated rings. The number of hydrogen-bond donors (Lipinski definition) is 1. The number of aromatic nitrogens is 3. The third-order valence-corrected chi connectivity index (χ3v) is 5.52. The molecule has 1 aliphatic heterocycles. The zero-order valence-electron chi connectivity index (χ0n) is 18.6. The Balaban J connectivity index is 1.54. The van der Waals surface area contributed by atoms with E-state index in [1.165, 1.54) is 30.3 Å². The van der Waals surface area contributed by atoms with E-state index in [-0.39, 0.29) is 35.9 Å². The molecule has 1 aromatic heterocycles. The average Bonchev–Trinajstić information content (AvgIpc) is 3.23. The van der Waals surface area contributed by atoms with E-state index in [2.05, 4.69) is 26.3 Å². The van der Waals surface area contributed by atoms with Crippen molar-refractivity contribution < 1.29 is 28.6 Å². The Labute approximate surface area is 199 Å². The molecule has 3 rings (SSSR count). The SMILES string of the molecule is CO[C@H](CC(C)C)C(=O)N1C=C(OC(=O)CCNc2n[n+]([O-])c3cc(Br)ccc3[n+]2[O-])CC1. The summed E-state index contributed by atoms with van der Waals surface area (Å²) < 4.78 is 11.8. The van der Waals surface area contributed by atoms with Crippen LogP contribution in [0.3, 0.4) is 0 Å². The van der Waals surface area contributed by atoms with Crippen LogP contribution in [-0.4, -0.2) is 48.2 Å². The molecule has 0 saturated carbocycles. The second-order valence-corrected chi connectivity index (χ2v) is 8.92. The summed E-state index contributed by atoms with van der Waals surface area (Å²) in [4.78, 5) is 26.6. The van der Waals surface area contributed by atoms with E-state index in [9.17, 15) is 20.0 Å². The number of nitrogens with one attached hydrogen (secondary N) is 1. The van der Waals surface area contributed by atoms with Crippen LogP contribution in [0.25, 0.3) is 11.0 Å². The van der Waals surface area contributed by atoms with Crippen LogP contribution >= 0.6 is 15.9 Å². The first-order valence-electron chi connectivity index (χ1n) is 10.5. The Kier molecular flexibility index (Phi) is 8.03. The molecule has 1 N–H and O–H groups in total. The van der Waals surface area contributed by atoms with Crippen molar-refractivity contribution in [3.63, 3.8) is 0 Å². The molecule has 1 aromatic carbocycles. The van der Waals surface area contributed by atoms with Gasteiger partial charge in [-0.05, 0) is 24.5 Å². The van der Waals surface area contributed by atoms with Crippen LogP contribution in [-0.2, 0) is 19.1 Å². The number of fused-ring (bicyclic) bond motifs is 1. The smallest absolute Gasteiger partial charge is 0.460 e. The maximum atomic E-state index is 12.6. The van der Waals surface area contributed by atoms with Crippen molar-refractivity contribution in [2.75, 3.05) is 25.5 Å². The molecule has 0 aliphatic carbocycles. The largest absolute Gasteiger partial charge is 0.739 e. The van der Waals surface area contributed by atoms with Crippen molar-refractivity contribution in [1.82, 2.24) is 10.00 Å². The third-order valence-electron chi connectivity index (χ3n) is 5.02. The maximum Gasteiger partial charge on any atom is 0.460 e. The second kappa shape index (κ2) is 10.8. The predicted octanol–water partition coefficient (Wildman–Crippen LogP) is 1.74. The molecule has 33 heavy (non-hydrogen) atoms. The van der Waals surface area contributed by atoms with Gasteiger partial charge < -0.3 is 24.8 Å². The highest BCUT2D eigenvalue weighted by Crippen LogP contribution is 2.20. The van der Waals surface area contributed by atoms with Gasteiger partial charge in [-0.1, -0.05) is 29.8 Å². The summed E-state index contributed by atoms with van der Waals surface area (Å²) in [5, 5.41) is 30.9. The fourth-order valence-electron chi connectivity index (χ4n) is 3.39. The van der Waals surface area contributed by atoms with Gasteiger partial charge >= 0.3 is 17.4 Å². The van der Waals surface area contributed by atoms with Crippen LogP contribution in [0.4, 0.5) is 5.95 Å². The number of benzene rings is 1. The first kappa shape index (κ1) is 24.6. The Morgan fingerprint density at radius 2 is 2.06 bits per heavy atom. The standard InChI is InChI=1S/C21H26BrN5O6/c1-13(2)10-18(32-3)20(29)25-9-7-15(12-25)33-19(28)6-8-23-21-24-27(31)17-11-14(22)4-5-16(17)26(21)30/h4-5,11-13,18H,6-10H2,1-3H3,(H,23,24)/t18-/m1/s1. The normalized spacial score (nSPS) is 14.5. The molecule has 0 spiro atoms. The zero-order valence-corrected chi connectivity index (χ0v) is 20.2. The molecule has 1 aliphatic rings. The number of carbonyl (C=O) groups is 2. The van der Waals surface area contributed by atoms with E-state index < -0.39 is 12.1 Å². The van der Waals surface area contributed by atoms with Crippen molar-refractivity contribution in [2.24, 2.45) is 5.92 Å². The lowest BCUT2D eigenvalue weighted by molar-refractivity contribution is -0.672. The summed E-state index contributed by atoms with van der Waals surface area (Å²) in [6, 6.07) is 4.63. The summed E-state index contributed by atoms with van der Waals surface area (Å²) in [6.07, 6.45) is 1.93. The molecule has 1 atom stereocenters. The van der Waals surface area contributed by atoms with Crippen molar-refractivity contribution in [2.45, 2.75) is 39.2 Å². The number of hydrogen-bond acceptors (Lipinski definition) is 8. The maximum absolute atomic E-state index is 12.6. The van der Waals surface area contributed by atoms with Crippen LogP contribution in [0, 0.1) is 16.3 Å². The van der Waals surface area contributed by atoms with Gasteiger partial charge in [-0.2, -0.15) is 0 Å². The average molecular weight is 524 g/mol. The van der Waals surface area contributed by atoms with E-state index in [1.54, 1.807) is 6.07 Å². The zero-order chi connectivity index (χ0) is 24.1. The van der Waals surface area contributed by atoms with E-state index in [1.807, 2.05) is 13.8 Å². The molecule has 12 heteroatoms. The number of esters is 1. The number of methoxy groups -OCH3 is 1. The Bertz CT molecular complexity index is 1080. The summed E-state index contributed by atoms with van der Waals surface area (Å²) in [7, 11) is 1.50. The fourth-order valence-corrected chi connectivity index (χ4v) is 3.74. The highest BCUT2D eigenvalue weighted by molar-refractivity contribution is 9.10. The summed E-state index contributed by atoms with van der Waals surface area (Å²) in [5.74, 6) is -0.234. The van der Waals surface area contributed by atoms with E-state index in [0.717, 1.165) is 0 Å². The van der Waals surface area contributed by atoms with Crippen LogP contribution in [0.1, 0.15) is 33.1 Å². The minimum absolute atomic E-state index is 0.0339. The molecule has 0 bridgehead atoms. The van der Waals surface area contributed by atoms with Gasteiger partial charge in [0.2, 0.25) is 5.10 Å². The Hall–Kier alpha value is -2.99. The van der Waals surface area contributed by atoms with Crippen molar-refractivity contribution >= 4 is 44.8 Å². The lowest BCUT2D eigenvalue weighted by Gasteiger charge is -2.21. The quantitative estimate of drug-likeness (QED) is 0.298. The highest BCUT2D eigenvalue weighted by atomic mass is 79.9. The molecular weight excluding hydrogens is 498 g/mol. The van der Waals surface area contributed by atoms with Gasteiger partial charge in [0.05, 0.1) is 13.0 Å². The number of nitrogens with zero attached hydrogens (tertiary/aromatic N) is 4. The molecule has 2 aromatic rings. The monoisotopic (exact) mass is 523 g/mol. The van der Waals surface area contributed by atoms with Gasteiger partial charge in [-0.25, -0.2) is 4.73 Å². The number of anilines is 1. The number of amides is 1. The summed E-state index contributed by atoms with van der Waals surface area (Å²) in [6.45, 7) is 4.47. The number of carbonyl (C=O) groups excluding carboxylic acids is 2. The second-order valence-electron chi connectivity index (χ2n) is 8.01. The lowest BCUT2D eigenvalue weighted by Crippen LogP contribution is -2.44. The van der Waals surface area contributed by atoms with Gasteiger partial charge in [0.1, 0.15) is 11.9 Å². The Morgan fingerprint density at radius 1 is 1.30 bits per heavy atom. The summed E-state index contributed by atoms with van der Waals surface area (Å²) >= 11 is 3.24. The highest BCUT2D eigenvalue weighted by Gasteiger charge is 2.28. The van der Waals surface area contributed by atoms with E-state index >= 15 is 0 Å². The van der Waals surface area contributed by atoms with Gasteiger partial charge in [0, 0.05) is 41.7 Å². The van der Waals surface area contributed by atoms with Crippen LogP contribution in [0.2, 0.25) is 0 Å². The number of ether oxygens (including phenoxy) is 2. The minimum Gasteiger partial charge on any atom is -0.739 e. The van der Waals surface area contributed by atoms with Crippen LogP contribution in [0.5, 0.6) is 0 Å². The molecule has 1 amide bonds. The Morgan fingerprint density at radius 3 is 2.76 bits per heavy atom. The molecule has 2 heterocycles. The van der Waals surface area contributed by atoms with Gasteiger partial charge in [0.15, 0.2) is 5.52 Å². The minimum atomic E-state index is -0.543. The van der Waals surface area contributed by atoms with Crippen molar-refractivity contribution in [3.05, 3.63) is 45.0 Å². The van der Waals surface area contributed by atoms with Crippen LogP contribution in [0.15, 0.2) is 34.6 Å². The van der Waals surface area contributed by atoms with Gasteiger partial charge in [0.25, 0.3) is 5.91 Å². The molecule has 0 radical (unpaired) electrons. The molecule has 0 unspecified atom stereocenters. The van der Waals surface area contributed by atoms with E-state index in [4.69, 9.17) is 9.47 Å². The molecule has 0 saturated heterocycles. The van der Waals surface area contributed by atoms with Crippen molar-refractivity contribution in [3.8, 4) is 0 Å². The number of rotatable bonds is 9. The third kappa shape index (κ3) is 6.08. The molecule has 178 valence electrons. The molecule has 11 nitrogen and oxygen atoms in total. The first-order chi connectivity index (χ1) is 15.7. The van der Waals surface area contributed by atoms with Crippen molar-refractivity contribution in [1.29, 1.82) is 0 Å². The number of halogens is 1. The van der Waals surface area contributed by atoms with Crippen LogP contribution < -0.4 is 14.9 Å². The van der Waals surface area contributed by atoms with E-state index in [0.29, 0.717) is 45.1 Å². The topological polar surface area (TPSA) is 135 Å². The summed E-state index contributed by atoms with van der Waals surface area (Å²) in [5.41, 5.74) is 0.252. The fraction of sp³-hybridized carbons (Fsp3) is 0.476. The lowest BCUT2D eigenvalue weighted by atomic mass is 10.1. The predicted molar refractivity (Wildman–Crippen MR) is 121 cm³/mol. The first-order valence-corrected chi connectivity index (χ1v) is 11.3. The van der Waals surface area contributed by atoms with Gasteiger partial charge in [-0.15, -0.1) is 0 Å². The molecular formula is C21H26BrN5O6. The van der Waals surface area contributed by atoms with Gasteiger partial charge in [-0.3, -0.25) is 14.9 Å².